The molecule has 0 aliphatic rings. The number of ether oxygens (including phenoxy) is 1. The summed E-state index contributed by atoms with van der Waals surface area (Å²) < 4.78 is 32.0. The Morgan fingerprint density at radius 3 is 2.08 bits per heavy atom. The molecule has 1 unspecified atom stereocenters. The molecule has 26 heavy (non-hydrogen) atoms. The van der Waals surface area contributed by atoms with Crippen molar-refractivity contribution in [3.63, 3.8) is 0 Å². The number of aromatic hydroxyl groups is 1. The molecule has 0 saturated heterocycles. The Balaban J connectivity index is 2.20. The number of sulfone groups is 1. The molecule has 0 spiro atoms. The molecule has 1 atom stereocenters. The smallest absolute Gasteiger partial charge is 0.189 e. The molecule has 3 rings (SSSR count). The first-order chi connectivity index (χ1) is 12.4. The molecule has 0 heterocycles. The van der Waals surface area contributed by atoms with Gasteiger partial charge in [-0.3, -0.25) is 0 Å². The van der Waals surface area contributed by atoms with Gasteiger partial charge in [0.1, 0.15) is 16.7 Å². The fourth-order valence-corrected chi connectivity index (χ4v) is 4.71. The minimum atomic E-state index is -3.77. The highest BCUT2D eigenvalue weighted by atomic mass is 32.2. The second kappa shape index (κ2) is 7.22. The van der Waals surface area contributed by atoms with Crippen LogP contribution in [0.3, 0.4) is 0 Å². The van der Waals surface area contributed by atoms with Gasteiger partial charge in [-0.05, 0) is 42.8 Å². The highest BCUT2D eigenvalue weighted by Crippen LogP contribution is 2.39. The minimum absolute atomic E-state index is 0.0518. The normalized spacial score (nSPS) is 12.5. The quantitative estimate of drug-likeness (QED) is 0.730. The summed E-state index contributed by atoms with van der Waals surface area (Å²) in [6, 6.07) is 20.1. The third kappa shape index (κ3) is 3.44. The molecule has 4 nitrogen and oxygen atoms in total. The van der Waals surface area contributed by atoms with E-state index in [-0.39, 0.29) is 10.6 Å². The van der Waals surface area contributed by atoms with Gasteiger partial charge in [0.25, 0.3) is 0 Å². The summed E-state index contributed by atoms with van der Waals surface area (Å²) in [6.07, 6.45) is 0. The van der Waals surface area contributed by atoms with E-state index < -0.39 is 15.1 Å². The van der Waals surface area contributed by atoms with E-state index >= 15 is 0 Å². The summed E-state index contributed by atoms with van der Waals surface area (Å²) in [4.78, 5) is 0.215. The Labute approximate surface area is 153 Å². The van der Waals surface area contributed by atoms with E-state index in [9.17, 15) is 13.5 Å². The number of methoxy groups -OCH3 is 1. The maximum atomic E-state index is 13.4. The van der Waals surface area contributed by atoms with Gasteiger partial charge in [0.05, 0.1) is 12.0 Å². The van der Waals surface area contributed by atoms with Crippen molar-refractivity contribution in [2.75, 3.05) is 7.11 Å². The summed E-state index contributed by atoms with van der Waals surface area (Å²) in [5, 5.41) is 9.29. The van der Waals surface area contributed by atoms with E-state index in [1.807, 2.05) is 6.92 Å². The second-order valence-corrected chi connectivity index (χ2v) is 8.10. The molecule has 0 radical (unpaired) electrons. The average Bonchev–Trinajstić information content (AvgIpc) is 2.64. The number of hydrogen-bond donors (Lipinski definition) is 1. The monoisotopic (exact) mass is 368 g/mol. The van der Waals surface area contributed by atoms with Crippen molar-refractivity contribution in [2.45, 2.75) is 17.1 Å². The molecule has 134 valence electrons. The average molecular weight is 368 g/mol. The predicted octanol–water partition coefficient (Wildman–Crippen LogP) is 4.27. The van der Waals surface area contributed by atoms with Gasteiger partial charge < -0.3 is 9.84 Å². The lowest BCUT2D eigenvalue weighted by Crippen LogP contribution is -2.15. The number of para-hydroxylation sites is 1. The van der Waals surface area contributed by atoms with Crippen LogP contribution in [0, 0.1) is 6.92 Å². The van der Waals surface area contributed by atoms with Crippen molar-refractivity contribution in [1.82, 2.24) is 0 Å². The molecule has 0 fully saturated rings. The van der Waals surface area contributed by atoms with Gasteiger partial charge >= 0.3 is 0 Å². The first-order valence-corrected chi connectivity index (χ1v) is 9.70. The first kappa shape index (κ1) is 18.0. The lowest BCUT2D eigenvalue weighted by atomic mass is 10.0. The Kier molecular flexibility index (Phi) is 5.00. The molecule has 1 N–H and O–H groups in total. The summed E-state index contributed by atoms with van der Waals surface area (Å²) in [5.74, 6) is 0.585. The van der Waals surface area contributed by atoms with Crippen LogP contribution in [0.25, 0.3) is 0 Å². The topological polar surface area (TPSA) is 63.6 Å². The van der Waals surface area contributed by atoms with Gasteiger partial charge in [-0.2, -0.15) is 0 Å². The van der Waals surface area contributed by atoms with Gasteiger partial charge in [0.15, 0.2) is 9.84 Å². The van der Waals surface area contributed by atoms with Gasteiger partial charge in [-0.1, -0.05) is 48.0 Å². The van der Waals surface area contributed by atoms with E-state index in [1.165, 1.54) is 6.07 Å². The van der Waals surface area contributed by atoms with Crippen LogP contribution in [0.5, 0.6) is 11.5 Å². The Bertz CT molecular complexity index is 991. The number of benzene rings is 3. The van der Waals surface area contributed by atoms with Crippen molar-refractivity contribution >= 4 is 9.84 Å². The van der Waals surface area contributed by atoms with Crippen molar-refractivity contribution in [3.05, 3.63) is 89.5 Å². The SMILES string of the molecule is COc1ccc(C(c2ccccc2O)S(=O)(=O)c2ccc(C)cc2)cc1. The lowest BCUT2D eigenvalue weighted by molar-refractivity contribution is 0.414. The maximum absolute atomic E-state index is 13.4. The first-order valence-electron chi connectivity index (χ1n) is 8.16. The fourth-order valence-electron chi connectivity index (χ4n) is 2.88. The van der Waals surface area contributed by atoms with E-state index in [0.717, 1.165) is 5.56 Å². The molecule has 5 heteroatoms. The molecule has 0 aromatic heterocycles. The van der Waals surface area contributed by atoms with Gasteiger partial charge in [0.2, 0.25) is 0 Å². The molecular formula is C21H20O4S. The van der Waals surface area contributed by atoms with Crippen LogP contribution in [-0.2, 0) is 9.84 Å². The van der Waals surface area contributed by atoms with Gasteiger partial charge in [-0.25, -0.2) is 8.42 Å². The van der Waals surface area contributed by atoms with Crippen LogP contribution in [-0.4, -0.2) is 20.6 Å². The van der Waals surface area contributed by atoms with Crippen LogP contribution in [0.2, 0.25) is 0 Å². The zero-order chi connectivity index (χ0) is 18.7. The van der Waals surface area contributed by atoms with Crippen LogP contribution < -0.4 is 4.74 Å². The lowest BCUT2D eigenvalue weighted by Gasteiger charge is -2.20. The second-order valence-electron chi connectivity index (χ2n) is 6.07. The summed E-state index contributed by atoms with van der Waals surface area (Å²) in [7, 11) is -2.21. The highest BCUT2D eigenvalue weighted by molar-refractivity contribution is 7.92. The molecule has 0 saturated carbocycles. The molecule has 3 aromatic carbocycles. The standard InChI is InChI=1S/C21H20O4S/c1-15-7-13-18(14-8-15)26(23,24)21(19-5-3-4-6-20(19)22)16-9-11-17(25-2)12-10-16/h3-14,21-22H,1-2H3. The number of phenols is 1. The zero-order valence-corrected chi connectivity index (χ0v) is 15.4. The largest absolute Gasteiger partial charge is 0.508 e. The highest BCUT2D eigenvalue weighted by Gasteiger charge is 2.32. The van der Waals surface area contributed by atoms with Gasteiger partial charge in [0, 0.05) is 5.56 Å². The minimum Gasteiger partial charge on any atom is -0.508 e. The Hall–Kier alpha value is -2.79. The number of aryl methyl sites for hydroxylation is 1. The summed E-state index contributed by atoms with van der Waals surface area (Å²) in [6.45, 7) is 1.90. The molecule has 3 aromatic rings. The number of rotatable bonds is 5. The summed E-state index contributed by atoms with van der Waals surface area (Å²) >= 11 is 0. The number of phenolic OH excluding ortho intramolecular Hbond substituents is 1. The van der Waals surface area contributed by atoms with Crippen molar-refractivity contribution in [3.8, 4) is 11.5 Å². The summed E-state index contributed by atoms with van der Waals surface area (Å²) in [5.41, 5.74) is 1.89. The van der Waals surface area contributed by atoms with Gasteiger partial charge in [-0.15, -0.1) is 0 Å². The van der Waals surface area contributed by atoms with Crippen LogP contribution in [0.4, 0.5) is 0 Å². The molecule has 0 aliphatic carbocycles. The van der Waals surface area contributed by atoms with E-state index in [2.05, 4.69) is 0 Å². The van der Waals surface area contributed by atoms with E-state index in [1.54, 1.807) is 73.8 Å². The van der Waals surface area contributed by atoms with Crippen LogP contribution in [0.15, 0.2) is 77.7 Å². The van der Waals surface area contributed by atoms with Crippen molar-refractivity contribution in [1.29, 1.82) is 0 Å². The third-order valence-electron chi connectivity index (χ3n) is 4.30. The molecule has 0 amide bonds. The fraction of sp³-hybridized carbons (Fsp3) is 0.143. The van der Waals surface area contributed by atoms with Crippen molar-refractivity contribution in [2.24, 2.45) is 0 Å². The van der Waals surface area contributed by atoms with Crippen LogP contribution >= 0.6 is 0 Å². The van der Waals surface area contributed by atoms with E-state index in [0.29, 0.717) is 16.9 Å². The van der Waals surface area contributed by atoms with E-state index in [4.69, 9.17) is 4.74 Å². The maximum Gasteiger partial charge on any atom is 0.189 e. The molecular weight excluding hydrogens is 348 g/mol. The zero-order valence-electron chi connectivity index (χ0n) is 14.6. The molecule has 0 aliphatic heterocycles. The third-order valence-corrected chi connectivity index (χ3v) is 6.37. The van der Waals surface area contributed by atoms with Crippen LogP contribution in [0.1, 0.15) is 21.9 Å². The van der Waals surface area contributed by atoms with Crippen molar-refractivity contribution < 1.29 is 18.3 Å². The predicted molar refractivity (Wildman–Crippen MR) is 101 cm³/mol. The Morgan fingerprint density at radius 2 is 1.50 bits per heavy atom. The number of hydrogen-bond acceptors (Lipinski definition) is 4. The molecule has 0 bridgehead atoms. The Morgan fingerprint density at radius 1 is 0.885 bits per heavy atom.